The molecule has 0 unspecified atom stereocenters. The van der Waals surface area contributed by atoms with Crippen molar-refractivity contribution < 1.29 is 9.59 Å². The Kier molecular flexibility index (Phi) is 2.16. The Morgan fingerprint density at radius 2 is 2.17 bits per heavy atom. The topological polar surface area (TPSA) is 83.1 Å². The third-order valence-electron chi connectivity index (χ3n) is 2.91. The molecule has 2 heterocycles. The molecule has 0 bridgehead atoms. The number of carbonyl (C=O) groups excluding carboxylic acids is 2. The van der Waals surface area contributed by atoms with Crippen LogP contribution in [0.3, 0.4) is 0 Å². The molecule has 0 radical (unpaired) electrons. The van der Waals surface area contributed by atoms with Crippen LogP contribution in [0.15, 0.2) is 24.4 Å². The van der Waals surface area contributed by atoms with Gasteiger partial charge in [-0.25, -0.2) is 0 Å². The Morgan fingerprint density at radius 1 is 1.33 bits per heavy atom. The minimum Gasteiger partial charge on any atom is -0.355 e. The monoisotopic (exact) mass is 242 g/mol. The number of pyridine rings is 1. The fourth-order valence-corrected chi connectivity index (χ4v) is 2.06. The Hall–Kier alpha value is -2.63. The molecule has 0 spiro atoms. The maximum atomic E-state index is 11.7. The summed E-state index contributed by atoms with van der Waals surface area (Å²) in [6.07, 6.45) is 1.49. The Morgan fingerprint density at radius 3 is 2.94 bits per heavy atom. The van der Waals surface area contributed by atoms with Crippen molar-refractivity contribution in [2.45, 2.75) is 0 Å². The van der Waals surface area contributed by atoms with Gasteiger partial charge in [-0.05, 0) is 12.1 Å². The minimum absolute atomic E-state index is 0.232. The van der Waals surface area contributed by atoms with Gasteiger partial charge in [0, 0.05) is 18.6 Å². The number of rotatable bonds is 1. The molecule has 1 aliphatic rings. The number of aromatic nitrogens is 1. The van der Waals surface area contributed by atoms with E-state index >= 15 is 0 Å². The first kappa shape index (κ1) is 10.5. The molecule has 6 heteroatoms. The van der Waals surface area contributed by atoms with E-state index < -0.39 is 0 Å². The molecule has 0 atom stereocenters. The van der Waals surface area contributed by atoms with Crippen LogP contribution in [0.1, 0.15) is 20.7 Å². The van der Waals surface area contributed by atoms with Crippen LogP contribution < -0.4 is 16.2 Å². The van der Waals surface area contributed by atoms with Crippen molar-refractivity contribution in [3.63, 3.8) is 0 Å². The number of carbonyl (C=O) groups is 2. The van der Waals surface area contributed by atoms with Gasteiger partial charge in [-0.2, -0.15) is 0 Å². The van der Waals surface area contributed by atoms with Crippen LogP contribution in [0.25, 0.3) is 10.9 Å². The molecule has 2 amide bonds. The van der Waals surface area contributed by atoms with E-state index in [1.165, 1.54) is 6.20 Å². The number of hydrogen-bond donors (Lipinski definition) is 3. The van der Waals surface area contributed by atoms with E-state index in [2.05, 4.69) is 21.2 Å². The second kappa shape index (κ2) is 3.69. The zero-order chi connectivity index (χ0) is 12.7. The molecule has 1 aromatic carbocycles. The summed E-state index contributed by atoms with van der Waals surface area (Å²) < 4.78 is 0. The molecule has 1 aliphatic heterocycles. The minimum atomic E-state index is -0.252. The number of hydrazine groups is 1. The SMILES string of the molecule is CNC(=O)c1cnc2cccc3c2c1NNC3=O. The molecule has 18 heavy (non-hydrogen) atoms. The zero-order valence-corrected chi connectivity index (χ0v) is 9.57. The van der Waals surface area contributed by atoms with Gasteiger partial charge in [-0.15, -0.1) is 0 Å². The van der Waals surface area contributed by atoms with Gasteiger partial charge in [-0.1, -0.05) is 6.07 Å². The molecule has 0 fully saturated rings. The van der Waals surface area contributed by atoms with Crippen molar-refractivity contribution >= 4 is 28.4 Å². The Labute approximate surface area is 102 Å². The van der Waals surface area contributed by atoms with Crippen molar-refractivity contribution in [1.82, 2.24) is 15.7 Å². The molecule has 0 aliphatic carbocycles. The molecular weight excluding hydrogens is 232 g/mol. The van der Waals surface area contributed by atoms with Gasteiger partial charge in [0.1, 0.15) is 0 Å². The normalized spacial score (nSPS) is 12.8. The zero-order valence-electron chi connectivity index (χ0n) is 9.57. The van der Waals surface area contributed by atoms with Crippen LogP contribution in [0.2, 0.25) is 0 Å². The first-order valence-electron chi connectivity index (χ1n) is 5.42. The van der Waals surface area contributed by atoms with Crippen LogP contribution >= 0.6 is 0 Å². The summed E-state index contributed by atoms with van der Waals surface area (Å²) in [5.74, 6) is -0.484. The number of hydrogen-bond acceptors (Lipinski definition) is 4. The average molecular weight is 242 g/mol. The fraction of sp³-hybridized carbons (Fsp3) is 0.0833. The maximum Gasteiger partial charge on any atom is 0.270 e. The van der Waals surface area contributed by atoms with Crippen LogP contribution in [0.4, 0.5) is 5.69 Å². The van der Waals surface area contributed by atoms with Gasteiger partial charge >= 0.3 is 0 Å². The van der Waals surface area contributed by atoms with Gasteiger partial charge < -0.3 is 5.32 Å². The van der Waals surface area contributed by atoms with E-state index in [1.54, 1.807) is 25.2 Å². The summed E-state index contributed by atoms with van der Waals surface area (Å²) in [6.45, 7) is 0. The summed E-state index contributed by atoms with van der Waals surface area (Å²) in [5.41, 5.74) is 7.45. The third-order valence-corrected chi connectivity index (χ3v) is 2.91. The predicted molar refractivity (Wildman–Crippen MR) is 66.2 cm³/mol. The van der Waals surface area contributed by atoms with Gasteiger partial charge in [-0.3, -0.25) is 25.4 Å². The first-order chi connectivity index (χ1) is 8.72. The van der Waals surface area contributed by atoms with E-state index in [0.717, 1.165) is 0 Å². The lowest BCUT2D eigenvalue weighted by Crippen LogP contribution is -2.35. The highest BCUT2D eigenvalue weighted by atomic mass is 16.2. The van der Waals surface area contributed by atoms with Crippen molar-refractivity contribution in [2.24, 2.45) is 0 Å². The molecule has 3 rings (SSSR count). The standard InChI is InChI=1S/C12H10N4O2/c1-13-11(17)7-5-14-8-4-2-3-6-9(8)10(7)15-16-12(6)18/h2-5,15H,1H3,(H,13,17)(H,16,18). The number of amides is 2. The molecule has 1 aromatic heterocycles. The van der Waals surface area contributed by atoms with E-state index in [0.29, 0.717) is 27.7 Å². The van der Waals surface area contributed by atoms with Crippen LogP contribution in [0, 0.1) is 0 Å². The highest BCUT2D eigenvalue weighted by Crippen LogP contribution is 2.30. The van der Waals surface area contributed by atoms with Crippen LogP contribution in [-0.2, 0) is 0 Å². The average Bonchev–Trinajstić information content (AvgIpc) is 2.42. The number of anilines is 1. The lowest BCUT2D eigenvalue weighted by Gasteiger charge is -2.21. The predicted octanol–water partition coefficient (Wildman–Crippen LogP) is 0.665. The Balaban J connectivity index is 2.39. The molecule has 2 aromatic rings. The van der Waals surface area contributed by atoms with E-state index in [1.807, 2.05) is 0 Å². The highest BCUT2D eigenvalue weighted by molar-refractivity contribution is 6.17. The lowest BCUT2D eigenvalue weighted by atomic mass is 10.0. The van der Waals surface area contributed by atoms with Crippen LogP contribution in [0.5, 0.6) is 0 Å². The number of benzene rings is 1. The largest absolute Gasteiger partial charge is 0.355 e. The van der Waals surface area contributed by atoms with Gasteiger partial charge in [0.05, 0.1) is 22.3 Å². The molecule has 90 valence electrons. The molecule has 0 saturated carbocycles. The summed E-state index contributed by atoms with van der Waals surface area (Å²) in [6, 6.07) is 5.27. The molecular formula is C12H10N4O2. The smallest absolute Gasteiger partial charge is 0.270 e. The Bertz CT molecular complexity index is 681. The highest BCUT2D eigenvalue weighted by Gasteiger charge is 2.23. The summed E-state index contributed by atoms with van der Waals surface area (Å²) in [7, 11) is 1.55. The van der Waals surface area contributed by atoms with Gasteiger partial charge in [0.15, 0.2) is 0 Å². The van der Waals surface area contributed by atoms with Crippen molar-refractivity contribution in [1.29, 1.82) is 0 Å². The van der Waals surface area contributed by atoms with E-state index in [-0.39, 0.29) is 11.8 Å². The quantitative estimate of drug-likeness (QED) is 0.686. The third kappa shape index (κ3) is 1.32. The van der Waals surface area contributed by atoms with E-state index in [4.69, 9.17) is 0 Å². The summed E-state index contributed by atoms with van der Waals surface area (Å²) in [5, 5.41) is 3.21. The summed E-state index contributed by atoms with van der Waals surface area (Å²) >= 11 is 0. The molecule has 0 saturated heterocycles. The second-order valence-corrected chi connectivity index (χ2v) is 3.90. The van der Waals surface area contributed by atoms with Crippen molar-refractivity contribution in [3.05, 3.63) is 35.5 Å². The number of nitrogens with zero attached hydrogens (tertiary/aromatic N) is 1. The maximum absolute atomic E-state index is 11.7. The second-order valence-electron chi connectivity index (χ2n) is 3.90. The molecule has 3 N–H and O–H groups in total. The van der Waals surface area contributed by atoms with Crippen molar-refractivity contribution in [2.75, 3.05) is 12.5 Å². The van der Waals surface area contributed by atoms with Gasteiger partial charge in [0.25, 0.3) is 11.8 Å². The lowest BCUT2D eigenvalue weighted by molar-refractivity contribution is 0.0948. The summed E-state index contributed by atoms with van der Waals surface area (Å²) in [4.78, 5) is 27.7. The number of nitrogens with one attached hydrogen (secondary N) is 3. The molecule has 6 nitrogen and oxygen atoms in total. The van der Waals surface area contributed by atoms with Crippen LogP contribution in [-0.4, -0.2) is 23.8 Å². The van der Waals surface area contributed by atoms with Gasteiger partial charge in [0.2, 0.25) is 0 Å². The van der Waals surface area contributed by atoms with Crippen molar-refractivity contribution in [3.8, 4) is 0 Å². The van der Waals surface area contributed by atoms with E-state index in [9.17, 15) is 9.59 Å². The fourth-order valence-electron chi connectivity index (χ4n) is 2.06. The first-order valence-corrected chi connectivity index (χ1v) is 5.42.